The van der Waals surface area contributed by atoms with Gasteiger partial charge in [-0.2, -0.15) is 0 Å². The lowest BCUT2D eigenvalue weighted by atomic mass is 9.98. The van der Waals surface area contributed by atoms with Crippen molar-refractivity contribution >= 4 is 23.8 Å². The molecule has 3 atom stereocenters. The highest BCUT2D eigenvalue weighted by Gasteiger charge is 2.38. The maximum atomic E-state index is 14.0. The number of nitrogens with two attached hydrogens (primary N) is 1. The molecule has 0 heterocycles. The third-order valence-corrected chi connectivity index (χ3v) is 5.99. The summed E-state index contributed by atoms with van der Waals surface area (Å²) in [6.07, 6.45) is 2.51. The summed E-state index contributed by atoms with van der Waals surface area (Å²) >= 11 is 0. The first-order chi connectivity index (χ1) is 17.3. The SMILES string of the molecule is CCCCCNC(=O)C(c1ccc(C)cc1)N(C(=O)C(CCC(N)=O)NC(=O)OC(C)(C)C)C(C)CC. The molecular weight excluding hydrogens is 472 g/mol. The van der Waals surface area contributed by atoms with E-state index in [1.54, 1.807) is 20.8 Å². The largest absolute Gasteiger partial charge is 0.444 e. The Hall–Kier alpha value is -3.10. The van der Waals surface area contributed by atoms with Gasteiger partial charge in [-0.3, -0.25) is 14.4 Å². The van der Waals surface area contributed by atoms with Gasteiger partial charge in [0.2, 0.25) is 17.7 Å². The van der Waals surface area contributed by atoms with Crippen molar-refractivity contribution in [3.8, 4) is 0 Å². The molecule has 9 nitrogen and oxygen atoms in total. The Kier molecular flexibility index (Phi) is 13.1. The molecule has 3 unspecified atom stereocenters. The molecule has 0 spiro atoms. The number of amides is 4. The van der Waals surface area contributed by atoms with Gasteiger partial charge in [0.05, 0.1) is 0 Å². The number of nitrogens with one attached hydrogen (secondary N) is 2. The summed E-state index contributed by atoms with van der Waals surface area (Å²) in [4.78, 5) is 53.3. The first-order valence-electron chi connectivity index (χ1n) is 13.2. The first kappa shape index (κ1) is 31.9. The molecule has 0 saturated carbocycles. The molecule has 1 aromatic carbocycles. The van der Waals surface area contributed by atoms with E-state index >= 15 is 0 Å². The highest BCUT2D eigenvalue weighted by molar-refractivity contribution is 5.92. The Morgan fingerprint density at radius 1 is 1.05 bits per heavy atom. The van der Waals surface area contributed by atoms with Gasteiger partial charge in [-0.15, -0.1) is 0 Å². The van der Waals surface area contributed by atoms with Gasteiger partial charge < -0.3 is 26.0 Å². The van der Waals surface area contributed by atoms with Crippen LogP contribution in [0.2, 0.25) is 0 Å². The van der Waals surface area contributed by atoms with Crippen LogP contribution < -0.4 is 16.4 Å². The van der Waals surface area contributed by atoms with E-state index in [9.17, 15) is 19.2 Å². The zero-order valence-electron chi connectivity index (χ0n) is 23.6. The number of aryl methyl sites for hydroxylation is 1. The van der Waals surface area contributed by atoms with Crippen LogP contribution in [0.1, 0.15) is 97.2 Å². The number of carbonyl (C=O) groups excluding carboxylic acids is 4. The fraction of sp³-hybridized carbons (Fsp3) is 0.643. The van der Waals surface area contributed by atoms with Gasteiger partial charge in [0.15, 0.2) is 0 Å². The molecule has 0 aliphatic heterocycles. The van der Waals surface area contributed by atoms with E-state index in [0.29, 0.717) is 18.5 Å². The summed E-state index contributed by atoms with van der Waals surface area (Å²) in [5.41, 5.74) is 6.27. The van der Waals surface area contributed by atoms with Gasteiger partial charge in [-0.25, -0.2) is 4.79 Å². The minimum atomic E-state index is -1.10. The van der Waals surface area contributed by atoms with Crippen molar-refractivity contribution in [1.29, 1.82) is 0 Å². The molecule has 1 rings (SSSR count). The fourth-order valence-corrected chi connectivity index (χ4v) is 3.84. The summed E-state index contributed by atoms with van der Waals surface area (Å²) in [7, 11) is 0. The molecule has 0 fully saturated rings. The third-order valence-electron chi connectivity index (χ3n) is 5.99. The lowest BCUT2D eigenvalue weighted by Crippen LogP contribution is -2.55. The predicted octanol–water partition coefficient (Wildman–Crippen LogP) is 4.13. The standard InChI is InChI=1S/C28H46N4O5/c1-8-10-11-18-30-25(34)24(21-14-12-19(3)13-15-21)32(20(4)9-2)26(35)22(16-17-23(29)33)31-27(36)37-28(5,6)7/h12-15,20,22,24H,8-11,16-18H2,1-7H3,(H2,29,33)(H,30,34)(H,31,36). The van der Waals surface area contributed by atoms with Crippen LogP contribution in [0, 0.1) is 6.92 Å². The van der Waals surface area contributed by atoms with Gasteiger partial charge in [0.25, 0.3) is 0 Å². The highest BCUT2D eigenvalue weighted by atomic mass is 16.6. The maximum absolute atomic E-state index is 14.0. The van der Waals surface area contributed by atoms with Gasteiger partial charge in [0.1, 0.15) is 17.7 Å². The molecule has 0 saturated heterocycles. The van der Waals surface area contributed by atoms with Crippen molar-refractivity contribution in [1.82, 2.24) is 15.5 Å². The highest BCUT2D eigenvalue weighted by Crippen LogP contribution is 2.27. The topological polar surface area (TPSA) is 131 Å². The molecule has 1 aromatic rings. The van der Waals surface area contributed by atoms with Crippen LogP contribution in [-0.2, 0) is 19.1 Å². The summed E-state index contributed by atoms with van der Waals surface area (Å²) in [6.45, 7) is 13.5. The van der Waals surface area contributed by atoms with Crippen molar-refractivity contribution in [2.24, 2.45) is 5.73 Å². The van der Waals surface area contributed by atoms with Gasteiger partial charge >= 0.3 is 6.09 Å². The normalized spacial score (nSPS) is 13.7. The Balaban J connectivity index is 3.45. The minimum absolute atomic E-state index is 0.0148. The molecule has 0 radical (unpaired) electrons. The molecule has 4 N–H and O–H groups in total. The Morgan fingerprint density at radius 2 is 1.68 bits per heavy atom. The molecule has 37 heavy (non-hydrogen) atoms. The number of hydrogen-bond acceptors (Lipinski definition) is 5. The van der Waals surface area contributed by atoms with Crippen LogP contribution in [0.5, 0.6) is 0 Å². The molecule has 0 bridgehead atoms. The van der Waals surface area contributed by atoms with E-state index < -0.39 is 35.6 Å². The van der Waals surface area contributed by atoms with Crippen molar-refractivity contribution in [2.75, 3.05) is 6.54 Å². The van der Waals surface area contributed by atoms with E-state index in [-0.39, 0.29) is 24.8 Å². The second-order valence-corrected chi connectivity index (χ2v) is 10.5. The zero-order valence-corrected chi connectivity index (χ0v) is 23.6. The number of nitrogens with zero attached hydrogens (tertiary/aromatic N) is 1. The number of hydrogen-bond donors (Lipinski definition) is 3. The average Bonchev–Trinajstić information content (AvgIpc) is 2.81. The van der Waals surface area contributed by atoms with Crippen molar-refractivity contribution in [2.45, 2.75) is 111 Å². The van der Waals surface area contributed by atoms with E-state index in [1.807, 2.05) is 45.0 Å². The number of benzene rings is 1. The molecule has 0 aliphatic carbocycles. The van der Waals surface area contributed by atoms with Crippen LogP contribution in [0.15, 0.2) is 24.3 Å². The molecule has 0 aromatic heterocycles. The first-order valence-corrected chi connectivity index (χ1v) is 13.2. The van der Waals surface area contributed by atoms with E-state index in [2.05, 4.69) is 17.6 Å². The van der Waals surface area contributed by atoms with Gasteiger partial charge in [0, 0.05) is 19.0 Å². The molecular formula is C28H46N4O5. The Bertz CT molecular complexity index is 895. The van der Waals surface area contributed by atoms with Crippen LogP contribution >= 0.6 is 0 Å². The van der Waals surface area contributed by atoms with Crippen LogP contribution in [0.25, 0.3) is 0 Å². The second kappa shape index (κ2) is 15.2. The minimum Gasteiger partial charge on any atom is -0.444 e. The lowest BCUT2D eigenvalue weighted by Gasteiger charge is -2.38. The zero-order chi connectivity index (χ0) is 28.2. The fourth-order valence-electron chi connectivity index (χ4n) is 3.84. The second-order valence-electron chi connectivity index (χ2n) is 10.5. The Labute approximate surface area is 221 Å². The summed E-state index contributed by atoms with van der Waals surface area (Å²) < 4.78 is 5.36. The summed E-state index contributed by atoms with van der Waals surface area (Å²) in [5, 5.41) is 5.60. The number of ether oxygens (including phenoxy) is 1. The smallest absolute Gasteiger partial charge is 0.408 e. The van der Waals surface area contributed by atoms with Crippen LogP contribution in [-0.4, -0.2) is 52.9 Å². The number of alkyl carbamates (subject to hydrolysis) is 1. The Morgan fingerprint density at radius 3 is 2.19 bits per heavy atom. The van der Waals surface area contributed by atoms with Crippen molar-refractivity contribution in [3.63, 3.8) is 0 Å². The molecule has 4 amide bonds. The van der Waals surface area contributed by atoms with Crippen molar-refractivity contribution < 1.29 is 23.9 Å². The van der Waals surface area contributed by atoms with Gasteiger partial charge in [-0.05, 0) is 59.4 Å². The number of unbranched alkanes of at least 4 members (excludes halogenated alkanes) is 2. The number of rotatable bonds is 14. The number of carbonyl (C=O) groups is 4. The van der Waals surface area contributed by atoms with Crippen molar-refractivity contribution in [3.05, 3.63) is 35.4 Å². The summed E-state index contributed by atoms with van der Waals surface area (Å²) in [5.74, 6) is -1.36. The molecule has 9 heteroatoms. The van der Waals surface area contributed by atoms with Crippen LogP contribution in [0.3, 0.4) is 0 Å². The summed E-state index contributed by atoms with van der Waals surface area (Å²) in [6, 6.07) is 5.13. The average molecular weight is 519 g/mol. The molecule has 0 aliphatic rings. The van der Waals surface area contributed by atoms with Crippen LogP contribution in [0.4, 0.5) is 4.79 Å². The van der Waals surface area contributed by atoms with E-state index in [0.717, 1.165) is 24.8 Å². The lowest BCUT2D eigenvalue weighted by molar-refractivity contribution is -0.145. The maximum Gasteiger partial charge on any atom is 0.408 e. The predicted molar refractivity (Wildman–Crippen MR) is 145 cm³/mol. The monoisotopic (exact) mass is 518 g/mol. The van der Waals surface area contributed by atoms with E-state index in [1.165, 1.54) is 4.90 Å². The van der Waals surface area contributed by atoms with E-state index in [4.69, 9.17) is 10.5 Å². The number of primary amides is 1. The third kappa shape index (κ3) is 11.2. The quantitative estimate of drug-likeness (QED) is 0.319. The van der Waals surface area contributed by atoms with Gasteiger partial charge in [-0.1, -0.05) is 56.5 Å². The molecule has 208 valence electrons.